The fraction of sp³-hybridized carbons (Fsp3) is 0.320. The highest BCUT2D eigenvalue weighted by Gasteiger charge is 2.41. The minimum Gasteiger partial charge on any atom is -0.293 e. The van der Waals surface area contributed by atoms with Gasteiger partial charge in [0.25, 0.3) is 0 Å². The van der Waals surface area contributed by atoms with Crippen LogP contribution in [0.25, 0.3) is 16.9 Å². The van der Waals surface area contributed by atoms with E-state index in [0.29, 0.717) is 23.4 Å². The van der Waals surface area contributed by atoms with E-state index in [1.54, 1.807) is 36.4 Å². The van der Waals surface area contributed by atoms with Gasteiger partial charge in [0.15, 0.2) is 23.2 Å². The summed E-state index contributed by atoms with van der Waals surface area (Å²) in [6, 6.07) is 3.71. The summed E-state index contributed by atoms with van der Waals surface area (Å²) >= 11 is 0. The highest BCUT2D eigenvalue weighted by atomic mass is 19.2. The highest BCUT2D eigenvalue weighted by molar-refractivity contribution is 5.97. The fourth-order valence-corrected chi connectivity index (χ4v) is 5.53. The molecule has 1 saturated heterocycles. The maximum atomic E-state index is 14.0. The van der Waals surface area contributed by atoms with Crippen LogP contribution in [-0.2, 0) is 13.5 Å². The Kier molecular flexibility index (Phi) is 5.44. The molecule has 0 aliphatic carbocycles. The number of hydrogen-bond donors (Lipinski definition) is 0. The van der Waals surface area contributed by atoms with E-state index in [-0.39, 0.29) is 30.0 Å². The van der Waals surface area contributed by atoms with Crippen molar-refractivity contribution < 1.29 is 18.0 Å². The number of halogens is 3. The molecule has 0 N–H and O–H groups in total. The third-order valence-corrected chi connectivity index (χ3v) is 7.09. The van der Waals surface area contributed by atoms with Crippen LogP contribution in [0.4, 0.5) is 13.2 Å². The Bertz CT molecular complexity index is 1440. The first-order valence-electron chi connectivity index (χ1n) is 11.7. The monoisotopic (exact) mass is 493 g/mol. The standard InChI is InChI=1S/C25H22F3N7O/c1-33-25(14-8-19(26)23(28)20(27)9-14)18-10-16-3-2-4-21(24(18)32-33)34(16)13-22(36)15-7-17(12-29-11-15)35-30-5-6-31-35/h5-9,11-12,16,21H,2-4,10,13H2,1H3/t16-,21+/m0/s1. The van der Waals surface area contributed by atoms with Gasteiger partial charge in [-0.15, -0.1) is 0 Å². The quantitative estimate of drug-likeness (QED) is 0.311. The number of Topliss-reactive ketones (excluding diaryl/α,β-unsaturated/α-hetero) is 1. The van der Waals surface area contributed by atoms with Crippen molar-refractivity contribution in [2.24, 2.45) is 7.05 Å². The van der Waals surface area contributed by atoms with Gasteiger partial charge in [-0.2, -0.15) is 20.1 Å². The number of carbonyl (C=O) groups excluding carboxylic acids is 1. The van der Waals surface area contributed by atoms with Crippen LogP contribution in [0.2, 0.25) is 0 Å². The molecule has 0 saturated carbocycles. The summed E-state index contributed by atoms with van der Waals surface area (Å²) in [6.07, 6.45) is 9.51. The van der Waals surface area contributed by atoms with E-state index in [1.165, 1.54) is 11.0 Å². The highest BCUT2D eigenvalue weighted by Crippen LogP contribution is 2.44. The molecular formula is C25H22F3N7O. The molecule has 2 bridgehead atoms. The number of carbonyl (C=O) groups is 1. The second kappa shape index (κ2) is 8.66. The summed E-state index contributed by atoms with van der Waals surface area (Å²) < 4.78 is 43.2. The average molecular weight is 493 g/mol. The number of pyridine rings is 1. The molecule has 36 heavy (non-hydrogen) atoms. The zero-order valence-electron chi connectivity index (χ0n) is 19.4. The second-order valence-electron chi connectivity index (χ2n) is 9.24. The maximum absolute atomic E-state index is 14.0. The van der Waals surface area contributed by atoms with Crippen molar-refractivity contribution >= 4 is 5.78 Å². The third kappa shape index (κ3) is 3.70. The van der Waals surface area contributed by atoms with E-state index in [1.807, 2.05) is 0 Å². The van der Waals surface area contributed by atoms with Crippen molar-refractivity contribution in [2.75, 3.05) is 6.54 Å². The number of hydrogen-bond acceptors (Lipinski definition) is 6. The Morgan fingerprint density at radius 1 is 1.06 bits per heavy atom. The molecule has 2 aliphatic rings. The molecule has 0 amide bonds. The molecule has 2 atom stereocenters. The van der Waals surface area contributed by atoms with Crippen LogP contribution >= 0.6 is 0 Å². The van der Waals surface area contributed by atoms with Gasteiger partial charge in [0.1, 0.15) is 5.69 Å². The van der Waals surface area contributed by atoms with Crippen molar-refractivity contribution in [1.29, 1.82) is 0 Å². The zero-order valence-corrected chi connectivity index (χ0v) is 19.4. The van der Waals surface area contributed by atoms with Crippen LogP contribution in [-0.4, -0.2) is 53.0 Å². The molecule has 11 heteroatoms. The van der Waals surface area contributed by atoms with Gasteiger partial charge in [-0.05, 0) is 43.9 Å². The van der Waals surface area contributed by atoms with Gasteiger partial charge in [0, 0.05) is 36.0 Å². The molecular weight excluding hydrogens is 471 g/mol. The van der Waals surface area contributed by atoms with Crippen LogP contribution in [0.1, 0.15) is 46.9 Å². The van der Waals surface area contributed by atoms with Crippen LogP contribution in [0.3, 0.4) is 0 Å². The average Bonchev–Trinajstić information content (AvgIpc) is 3.51. The first kappa shape index (κ1) is 22.6. The topological polar surface area (TPSA) is 81.7 Å². The summed E-state index contributed by atoms with van der Waals surface area (Å²) in [6.45, 7) is 0.193. The largest absolute Gasteiger partial charge is 0.293 e. The molecule has 4 aromatic rings. The van der Waals surface area contributed by atoms with Gasteiger partial charge in [-0.1, -0.05) is 0 Å². The number of nitrogens with zero attached hydrogens (tertiary/aromatic N) is 7. The van der Waals surface area contributed by atoms with E-state index < -0.39 is 17.5 Å². The van der Waals surface area contributed by atoms with Gasteiger partial charge in [0.05, 0.1) is 42.6 Å². The number of ketones is 1. The van der Waals surface area contributed by atoms with Gasteiger partial charge >= 0.3 is 0 Å². The van der Waals surface area contributed by atoms with Gasteiger partial charge < -0.3 is 0 Å². The zero-order chi connectivity index (χ0) is 25.0. The van der Waals surface area contributed by atoms with E-state index in [0.717, 1.165) is 42.7 Å². The molecule has 0 unspecified atom stereocenters. The second-order valence-corrected chi connectivity index (χ2v) is 9.24. The number of benzene rings is 1. The molecule has 0 radical (unpaired) electrons. The molecule has 1 aromatic carbocycles. The Morgan fingerprint density at radius 2 is 1.81 bits per heavy atom. The molecule has 2 aliphatic heterocycles. The lowest BCUT2D eigenvalue weighted by molar-refractivity contribution is 0.0562. The molecule has 1 fully saturated rings. The number of fused-ring (bicyclic) bond motifs is 4. The fourth-order valence-electron chi connectivity index (χ4n) is 5.53. The van der Waals surface area contributed by atoms with E-state index in [4.69, 9.17) is 5.10 Å². The molecule has 6 rings (SSSR count). The molecule has 184 valence electrons. The predicted molar refractivity (Wildman–Crippen MR) is 123 cm³/mol. The lowest BCUT2D eigenvalue weighted by atomic mass is 9.81. The number of piperidine rings is 1. The van der Waals surface area contributed by atoms with Crippen LogP contribution in [0, 0.1) is 17.5 Å². The SMILES string of the molecule is Cn1nc2c(c1-c1cc(F)c(F)c(F)c1)C[C@@H]1CCC[C@H]2N1CC(=O)c1cncc(-n2nccn2)c1. The molecule has 8 nitrogen and oxygen atoms in total. The predicted octanol–water partition coefficient (Wildman–Crippen LogP) is 3.81. The van der Waals surface area contributed by atoms with Gasteiger partial charge in [-0.3, -0.25) is 19.4 Å². The summed E-state index contributed by atoms with van der Waals surface area (Å²) in [5, 5.41) is 12.9. The minimum absolute atomic E-state index is 0.0715. The molecule has 0 spiro atoms. The summed E-state index contributed by atoms with van der Waals surface area (Å²) in [7, 11) is 1.72. The Balaban J connectivity index is 1.32. The number of aromatic nitrogens is 6. The maximum Gasteiger partial charge on any atom is 0.194 e. The van der Waals surface area contributed by atoms with Crippen LogP contribution in [0.5, 0.6) is 0 Å². The van der Waals surface area contributed by atoms with Crippen molar-refractivity contribution in [3.8, 4) is 16.9 Å². The van der Waals surface area contributed by atoms with Gasteiger partial charge in [-0.25, -0.2) is 13.2 Å². The first-order valence-corrected chi connectivity index (χ1v) is 11.7. The number of aryl methyl sites for hydroxylation is 1. The Morgan fingerprint density at radius 3 is 2.56 bits per heavy atom. The van der Waals surface area contributed by atoms with Crippen molar-refractivity contribution in [1.82, 2.24) is 34.7 Å². The van der Waals surface area contributed by atoms with Crippen LogP contribution < -0.4 is 0 Å². The van der Waals surface area contributed by atoms with E-state index >= 15 is 0 Å². The van der Waals surface area contributed by atoms with Gasteiger partial charge in [0.2, 0.25) is 0 Å². The van der Waals surface area contributed by atoms with Crippen LogP contribution in [0.15, 0.2) is 43.0 Å². The number of rotatable bonds is 5. The Labute approximate surface area is 204 Å². The van der Waals surface area contributed by atoms with Crippen molar-refractivity contribution in [2.45, 2.75) is 37.8 Å². The minimum atomic E-state index is -1.49. The first-order chi connectivity index (χ1) is 17.4. The summed E-state index contributed by atoms with van der Waals surface area (Å²) in [4.78, 5) is 21.1. The lowest BCUT2D eigenvalue weighted by Gasteiger charge is -2.45. The lowest BCUT2D eigenvalue weighted by Crippen LogP contribution is -2.48. The normalized spacial score (nSPS) is 19.3. The van der Waals surface area contributed by atoms with Crippen molar-refractivity contribution in [3.05, 3.63) is 77.3 Å². The molecule has 3 aromatic heterocycles. The smallest absolute Gasteiger partial charge is 0.194 e. The summed E-state index contributed by atoms with van der Waals surface area (Å²) in [5.74, 6) is -4.03. The summed E-state index contributed by atoms with van der Waals surface area (Å²) in [5.41, 5.74) is 3.59. The van der Waals surface area contributed by atoms with E-state index in [2.05, 4.69) is 20.1 Å². The molecule has 5 heterocycles. The Hall–Kier alpha value is -3.86. The third-order valence-electron chi connectivity index (χ3n) is 7.09. The van der Waals surface area contributed by atoms with E-state index in [9.17, 15) is 18.0 Å². The van der Waals surface area contributed by atoms with Crippen molar-refractivity contribution in [3.63, 3.8) is 0 Å².